The van der Waals surface area contributed by atoms with Gasteiger partial charge in [0.2, 0.25) is 11.8 Å². The van der Waals surface area contributed by atoms with Gasteiger partial charge in [-0.2, -0.15) is 5.10 Å². The topological polar surface area (TPSA) is 102 Å². The maximum Gasteiger partial charge on any atom is 0.243 e. The van der Waals surface area contributed by atoms with Crippen LogP contribution in [-0.2, 0) is 9.59 Å². The van der Waals surface area contributed by atoms with Crippen molar-refractivity contribution in [3.05, 3.63) is 42.7 Å². The van der Waals surface area contributed by atoms with Crippen molar-refractivity contribution in [1.29, 1.82) is 0 Å². The highest BCUT2D eigenvalue weighted by Crippen LogP contribution is 2.23. The Kier molecular flexibility index (Phi) is 6.55. The maximum absolute atomic E-state index is 12.0. The van der Waals surface area contributed by atoms with Crippen molar-refractivity contribution in [2.24, 2.45) is 11.7 Å². The number of nitrogens with zero attached hydrogens (tertiary/aromatic N) is 2. The molecular weight excluding hydrogens is 342 g/mol. The fraction of sp³-hybridized carbons (Fsp3) is 0.353. The minimum atomic E-state index is -0.252. The summed E-state index contributed by atoms with van der Waals surface area (Å²) in [5.41, 5.74) is 7.38. The van der Waals surface area contributed by atoms with Crippen LogP contribution in [0.5, 0.6) is 0 Å². The molecule has 2 atom stereocenters. The Morgan fingerprint density at radius 1 is 1.24 bits per heavy atom. The fourth-order valence-corrected chi connectivity index (χ4v) is 2.89. The quantitative estimate of drug-likeness (QED) is 0.748. The fourth-order valence-electron chi connectivity index (χ4n) is 2.89. The molecule has 0 spiro atoms. The van der Waals surface area contributed by atoms with E-state index < -0.39 is 0 Å². The van der Waals surface area contributed by atoms with E-state index in [9.17, 15) is 9.59 Å². The number of nitrogens with one attached hydrogen (secondary N) is 2. The molecule has 3 rings (SSSR count). The number of amides is 2. The molecule has 1 saturated carbocycles. The molecular formula is C17H22ClN5O2. The van der Waals surface area contributed by atoms with E-state index in [4.69, 9.17) is 5.73 Å². The number of carbonyl (C=O) groups is 2. The first-order valence-electron chi connectivity index (χ1n) is 8.05. The molecule has 2 aromatic rings. The third-order valence-electron chi connectivity index (χ3n) is 4.19. The summed E-state index contributed by atoms with van der Waals surface area (Å²) < 4.78 is 1.73. The van der Waals surface area contributed by atoms with E-state index in [0.717, 1.165) is 18.5 Å². The van der Waals surface area contributed by atoms with Gasteiger partial charge in [0, 0.05) is 30.0 Å². The van der Waals surface area contributed by atoms with E-state index in [1.54, 1.807) is 23.0 Å². The molecule has 25 heavy (non-hydrogen) atoms. The van der Waals surface area contributed by atoms with E-state index in [2.05, 4.69) is 15.7 Å². The molecule has 1 aromatic carbocycles. The Bertz CT molecular complexity index is 702. The molecule has 134 valence electrons. The molecule has 1 heterocycles. The number of benzene rings is 1. The van der Waals surface area contributed by atoms with Gasteiger partial charge in [-0.05, 0) is 49.6 Å². The Labute approximate surface area is 152 Å². The zero-order chi connectivity index (χ0) is 16.9. The third kappa shape index (κ3) is 5.04. The van der Waals surface area contributed by atoms with Gasteiger partial charge in [-0.15, -0.1) is 12.4 Å². The second-order valence-electron chi connectivity index (χ2n) is 6.03. The summed E-state index contributed by atoms with van der Waals surface area (Å²) in [5.74, 6) is -0.411. The lowest BCUT2D eigenvalue weighted by Crippen LogP contribution is -2.36. The van der Waals surface area contributed by atoms with Gasteiger partial charge in [0.05, 0.1) is 12.2 Å². The average molecular weight is 364 g/mol. The van der Waals surface area contributed by atoms with Crippen molar-refractivity contribution >= 4 is 29.9 Å². The second kappa shape index (κ2) is 8.64. The highest BCUT2D eigenvalue weighted by Gasteiger charge is 2.27. The molecule has 0 radical (unpaired) electrons. The smallest absolute Gasteiger partial charge is 0.243 e. The summed E-state index contributed by atoms with van der Waals surface area (Å²) in [4.78, 5) is 23.9. The van der Waals surface area contributed by atoms with Gasteiger partial charge in [-0.1, -0.05) is 0 Å². The highest BCUT2D eigenvalue weighted by molar-refractivity contribution is 5.94. The zero-order valence-electron chi connectivity index (χ0n) is 13.7. The monoisotopic (exact) mass is 363 g/mol. The Morgan fingerprint density at radius 2 is 2.00 bits per heavy atom. The van der Waals surface area contributed by atoms with Crippen LogP contribution in [0.4, 0.5) is 5.69 Å². The van der Waals surface area contributed by atoms with Gasteiger partial charge < -0.3 is 16.4 Å². The lowest BCUT2D eigenvalue weighted by atomic mass is 10.1. The maximum atomic E-state index is 12.0. The molecule has 0 saturated heterocycles. The molecule has 0 aliphatic heterocycles. The Hall–Kier alpha value is -2.38. The molecule has 1 fully saturated rings. The van der Waals surface area contributed by atoms with Gasteiger partial charge in [-0.25, -0.2) is 4.68 Å². The summed E-state index contributed by atoms with van der Waals surface area (Å²) in [6.07, 6.45) is 5.91. The molecule has 2 amide bonds. The van der Waals surface area contributed by atoms with Gasteiger partial charge in [0.1, 0.15) is 0 Å². The number of hydrogen-bond acceptors (Lipinski definition) is 4. The number of carbonyl (C=O) groups excluding carboxylic acids is 2. The molecule has 2 unspecified atom stereocenters. The number of hydrogen-bond donors (Lipinski definition) is 3. The number of halogens is 1. The van der Waals surface area contributed by atoms with Crippen molar-refractivity contribution in [2.75, 3.05) is 11.9 Å². The van der Waals surface area contributed by atoms with Gasteiger partial charge >= 0.3 is 0 Å². The molecule has 7 nitrogen and oxygen atoms in total. The summed E-state index contributed by atoms with van der Waals surface area (Å²) in [6, 6.07) is 9.26. The lowest BCUT2D eigenvalue weighted by Gasteiger charge is -2.11. The minimum absolute atomic E-state index is 0. The van der Waals surface area contributed by atoms with Crippen LogP contribution in [0, 0.1) is 5.92 Å². The van der Waals surface area contributed by atoms with E-state index >= 15 is 0 Å². The van der Waals surface area contributed by atoms with Gasteiger partial charge in [0.25, 0.3) is 0 Å². The van der Waals surface area contributed by atoms with Crippen LogP contribution in [0.15, 0.2) is 42.7 Å². The van der Waals surface area contributed by atoms with E-state index in [-0.39, 0.29) is 42.7 Å². The van der Waals surface area contributed by atoms with Crippen LogP contribution in [0.2, 0.25) is 0 Å². The van der Waals surface area contributed by atoms with Crippen molar-refractivity contribution in [1.82, 2.24) is 15.1 Å². The average Bonchev–Trinajstić information content (AvgIpc) is 3.25. The van der Waals surface area contributed by atoms with Crippen LogP contribution >= 0.6 is 12.4 Å². The zero-order valence-corrected chi connectivity index (χ0v) is 14.5. The molecule has 1 aromatic heterocycles. The van der Waals surface area contributed by atoms with Crippen molar-refractivity contribution in [2.45, 2.75) is 25.3 Å². The van der Waals surface area contributed by atoms with Crippen LogP contribution < -0.4 is 16.4 Å². The third-order valence-corrected chi connectivity index (χ3v) is 4.19. The molecule has 1 aliphatic carbocycles. The van der Waals surface area contributed by atoms with Crippen LogP contribution in [0.25, 0.3) is 5.69 Å². The van der Waals surface area contributed by atoms with Crippen molar-refractivity contribution in [3.63, 3.8) is 0 Å². The normalized spacial score (nSPS) is 19.1. The first-order chi connectivity index (χ1) is 11.6. The van der Waals surface area contributed by atoms with E-state index in [1.807, 2.05) is 24.4 Å². The highest BCUT2D eigenvalue weighted by atomic mass is 35.5. The van der Waals surface area contributed by atoms with Crippen LogP contribution in [-0.4, -0.2) is 34.2 Å². The van der Waals surface area contributed by atoms with Crippen molar-refractivity contribution < 1.29 is 9.59 Å². The van der Waals surface area contributed by atoms with Crippen LogP contribution in [0.1, 0.15) is 19.3 Å². The molecule has 0 bridgehead atoms. The van der Waals surface area contributed by atoms with E-state index in [1.165, 1.54) is 0 Å². The molecule has 4 N–H and O–H groups in total. The summed E-state index contributed by atoms with van der Waals surface area (Å²) in [6.45, 7) is -0.0362. The Morgan fingerprint density at radius 3 is 2.60 bits per heavy atom. The minimum Gasteiger partial charge on any atom is -0.347 e. The molecule has 8 heteroatoms. The summed E-state index contributed by atoms with van der Waals surface area (Å²) in [5, 5.41) is 9.58. The molecule has 1 aliphatic rings. The van der Waals surface area contributed by atoms with Gasteiger partial charge in [0.15, 0.2) is 0 Å². The number of rotatable bonds is 5. The number of nitrogens with two attached hydrogens (primary N) is 1. The second-order valence-corrected chi connectivity index (χ2v) is 6.03. The largest absolute Gasteiger partial charge is 0.347 e. The predicted octanol–water partition coefficient (Wildman–Crippen LogP) is 1.48. The predicted molar refractivity (Wildman–Crippen MR) is 97.8 cm³/mol. The first kappa shape index (κ1) is 19.0. The lowest BCUT2D eigenvalue weighted by molar-refractivity contribution is -0.127. The Balaban J connectivity index is 0.00000225. The van der Waals surface area contributed by atoms with Gasteiger partial charge in [-0.3, -0.25) is 9.59 Å². The van der Waals surface area contributed by atoms with Crippen LogP contribution in [0.3, 0.4) is 0 Å². The number of aromatic nitrogens is 2. The first-order valence-corrected chi connectivity index (χ1v) is 8.05. The summed E-state index contributed by atoms with van der Waals surface area (Å²) >= 11 is 0. The summed E-state index contributed by atoms with van der Waals surface area (Å²) in [7, 11) is 0. The standard InChI is InChI=1S/C17H21N5O2.ClH/c18-13-3-2-12(10-13)17(24)19-11-16(23)21-14-4-6-15(7-5-14)22-9-1-8-20-22;/h1,4-9,12-13H,2-3,10-11,18H2,(H,19,24)(H,21,23);1H. The number of anilines is 1. The van der Waals surface area contributed by atoms with Crippen molar-refractivity contribution in [3.8, 4) is 5.69 Å². The SMILES string of the molecule is Cl.NC1CCC(C(=O)NCC(=O)Nc2ccc(-n3cccn3)cc2)C1. The van der Waals surface area contributed by atoms with E-state index in [0.29, 0.717) is 12.1 Å².